The van der Waals surface area contributed by atoms with Crippen molar-refractivity contribution in [2.45, 2.75) is 188 Å². The molecule has 2 aliphatic heterocycles. The second-order valence-electron chi connectivity index (χ2n) is 29.3. The smallest absolute Gasteiger partial charge is 0.264 e. The van der Waals surface area contributed by atoms with Crippen LogP contribution in [0.1, 0.15) is 191 Å². The van der Waals surface area contributed by atoms with Gasteiger partial charge in [0.25, 0.3) is 6.71 Å². The molecule has 396 valence electrons. The average Bonchev–Trinajstić information content (AvgIpc) is 2.83. The molecule has 0 bridgehead atoms. The molecule has 0 radical (unpaired) electrons. The Labute approximate surface area is 470 Å². The van der Waals surface area contributed by atoms with Crippen LogP contribution >= 0.6 is 11.3 Å². The largest absolute Gasteiger partial charge is 0.311 e. The third-order valence-corrected chi connectivity index (χ3v) is 22.0. The summed E-state index contributed by atoms with van der Waals surface area (Å²) in [5.41, 5.74) is 27.6. The lowest BCUT2D eigenvalue weighted by atomic mass is 9.35. The van der Waals surface area contributed by atoms with Crippen LogP contribution in [0.25, 0.3) is 37.6 Å². The van der Waals surface area contributed by atoms with Gasteiger partial charge < -0.3 is 14.4 Å². The fourth-order valence-electron chi connectivity index (χ4n) is 15.5. The molecule has 0 fully saturated rings. The molecular formula is C73H80BN3S. The van der Waals surface area contributed by atoms with E-state index in [1.807, 2.05) is 0 Å². The molecule has 9 aromatic rings. The Hall–Kier alpha value is -6.04. The molecule has 78 heavy (non-hydrogen) atoms. The molecule has 3 nitrogen and oxygen atoms in total. The molecule has 0 unspecified atom stereocenters. The molecule has 0 saturated heterocycles. The Bertz CT molecular complexity index is 4000. The molecule has 0 spiro atoms. The summed E-state index contributed by atoms with van der Waals surface area (Å²) in [6, 6.07) is 47.5. The second-order valence-corrected chi connectivity index (χ2v) is 30.4. The lowest BCUT2D eigenvalue weighted by Gasteiger charge is -2.47. The molecule has 14 rings (SSSR count). The predicted octanol–water partition coefficient (Wildman–Crippen LogP) is 18.9. The minimum atomic E-state index is 0.00807. The van der Waals surface area contributed by atoms with Crippen molar-refractivity contribution in [3.63, 3.8) is 0 Å². The topological polar surface area (TPSA) is 11.4 Å². The van der Waals surface area contributed by atoms with E-state index in [0.29, 0.717) is 5.92 Å². The first-order chi connectivity index (χ1) is 36.7. The monoisotopic (exact) mass is 1040 g/mol. The van der Waals surface area contributed by atoms with E-state index in [1.165, 1.54) is 170 Å². The zero-order chi connectivity index (χ0) is 54.7. The van der Waals surface area contributed by atoms with E-state index in [1.54, 1.807) is 0 Å². The van der Waals surface area contributed by atoms with Crippen molar-refractivity contribution in [1.29, 1.82) is 0 Å². The van der Waals surface area contributed by atoms with Gasteiger partial charge in [0.05, 0.1) is 22.4 Å². The second kappa shape index (κ2) is 16.3. The fraction of sp³-hybridized carbons (Fsp3) is 0.397. The van der Waals surface area contributed by atoms with Gasteiger partial charge in [0.1, 0.15) is 0 Å². The van der Waals surface area contributed by atoms with Crippen molar-refractivity contribution in [1.82, 2.24) is 4.57 Å². The van der Waals surface area contributed by atoms with Crippen LogP contribution in [0.2, 0.25) is 0 Å². The highest BCUT2D eigenvalue weighted by Gasteiger charge is 2.49. The first-order valence-corrected chi connectivity index (χ1v) is 30.4. The van der Waals surface area contributed by atoms with Gasteiger partial charge in [-0.2, -0.15) is 0 Å². The van der Waals surface area contributed by atoms with E-state index in [0.717, 1.165) is 6.42 Å². The van der Waals surface area contributed by atoms with Gasteiger partial charge in [-0.1, -0.05) is 145 Å². The molecule has 0 amide bonds. The Morgan fingerprint density at radius 2 is 0.897 bits per heavy atom. The first-order valence-electron chi connectivity index (χ1n) is 29.6. The van der Waals surface area contributed by atoms with Crippen LogP contribution in [-0.2, 0) is 32.5 Å². The minimum absolute atomic E-state index is 0.00807. The van der Waals surface area contributed by atoms with Crippen molar-refractivity contribution in [2.75, 3.05) is 9.80 Å². The highest BCUT2D eigenvalue weighted by molar-refractivity contribution is 7.33. The molecule has 7 aromatic carbocycles. The summed E-state index contributed by atoms with van der Waals surface area (Å²) in [6.07, 6.45) is 7.06. The summed E-state index contributed by atoms with van der Waals surface area (Å²) in [5, 5.41) is 3.97. The number of nitrogens with zero attached hydrogens (tertiary/aromatic N) is 3. The van der Waals surface area contributed by atoms with Crippen LogP contribution in [-0.4, -0.2) is 11.3 Å². The number of aryl methyl sites for hydroxylation is 2. The molecule has 5 heteroatoms. The maximum absolute atomic E-state index is 2.76. The number of thiophene rings is 1. The van der Waals surface area contributed by atoms with Gasteiger partial charge in [0.2, 0.25) is 0 Å². The first kappa shape index (κ1) is 50.2. The van der Waals surface area contributed by atoms with E-state index in [9.17, 15) is 0 Å². The van der Waals surface area contributed by atoms with Gasteiger partial charge in [-0.15, -0.1) is 11.3 Å². The van der Waals surface area contributed by atoms with Crippen LogP contribution in [0.4, 0.5) is 34.1 Å². The van der Waals surface area contributed by atoms with Crippen molar-refractivity contribution < 1.29 is 0 Å². The molecule has 0 atom stereocenters. The summed E-state index contributed by atoms with van der Waals surface area (Å²) in [4.78, 5) is 5.50. The summed E-state index contributed by atoms with van der Waals surface area (Å²) < 4.78 is 5.48. The molecule has 4 heterocycles. The zero-order valence-corrected chi connectivity index (χ0v) is 50.4. The van der Waals surface area contributed by atoms with Crippen molar-refractivity contribution in [3.8, 4) is 5.69 Å². The van der Waals surface area contributed by atoms with Crippen LogP contribution in [0.15, 0.2) is 115 Å². The standard InChI is InChI=1S/C73H80BN3S/c1-42(2)45-19-21-46(22-20-45)77-63-37-48(76-59-33-43(3)17-24-49(59)50-25-18-44(4)34-60(50)76)36-62-65(63)74(67-66(77)51-38-54-57(41-64(51)78-67)73(15,16)32-29-70(54,9)10)58-39-55-56(72(13,14)31-30-71(55,11)12)40-61(58)75(62)47-23-26-52-53(35-47)69(7,8)28-27-68(52,5)6/h17-26,33-42H,27-32H2,1-16H3. The zero-order valence-electron chi connectivity index (χ0n) is 49.6. The van der Waals surface area contributed by atoms with E-state index in [-0.39, 0.29) is 39.2 Å². The highest BCUT2D eigenvalue weighted by Crippen LogP contribution is 2.56. The van der Waals surface area contributed by atoms with Crippen molar-refractivity contribution in [2.24, 2.45) is 0 Å². The highest BCUT2D eigenvalue weighted by atomic mass is 32.1. The molecule has 5 aliphatic rings. The molecule has 0 saturated carbocycles. The van der Waals surface area contributed by atoms with Crippen LogP contribution < -0.4 is 25.5 Å². The van der Waals surface area contributed by atoms with Gasteiger partial charge >= 0.3 is 0 Å². The number of hydrogen-bond acceptors (Lipinski definition) is 3. The minimum Gasteiger partial charge on any atom is -0.311 e. The Balaban J connectivity index is 1.18. The molecule has 2 aromatic heterocycles. The Morgan fingerprint density at radius 1 is 0.423 bits per heavy atom. The SMILES string of the molecule is Cc1ccc2c3ccc(C)cc3n(-c3cc4c5c(c3)N(c3ccc(C(C)C)cc3)c3c(sc6cc7c(cc36)C(C)(C)CCC7(C)C)B5c3cc5c(cc3N4c3ccc4c(c3)C(C)(C)CCC4(C)C)C(C)(C)CCC5(C)C)c2c1. The lowest BCUT2D eigenvalue weighted by molar-refractivity contribution is 0.332. The van der Waals surface area contributed by atoms with Crippen molar-refractivity contribution in [3.05, 3.63) is 165 Å². The predicted molar refractivity (Wildman–Crippen MR) is 340 cm³/mol. The summed E-state index contributed by atoms with van der Waals surface area (Å²) in [7, 11) is 0. The lowest BCUT2D eigenvalue weighted by Crippen LogP contribution is -2.61. The Kier molecular flexibility index (Phi) is 10.5. The quantitative estimate of drug-likeness (QED) is 0.163. The van der Waals surface area contributed by atoms with Gasteiger partial charge in [-0.25, -0.2) is 0 Å². The number of aromatic nitrogens is 1. The number of anilines is 6. The van der Waals surface area contributed by atoms with Gasteiger partial charge in [-0.3, -0.25) is 0 Å². The van der Waals surface area contributed by atoms with E-state index in [4.69, 9.17) is 0 Å². The van der Waals surface area contributed by atoms with Crippen LogP contribution in [0.5, 0.6) is 0 Å². The summed E-state index contributed by atoms with van der Waals surface area (Å²) in [5.74, 6) is 0.426. The molecule has 3 aliphatic carbocycles. The number of hydrogen-bond donors (Lipinski definition) is 0. The van der Waals surface area contributed by atoms with Gasteiger partial charge in [0.15, 0.2) is 0 Å². The van der Waals surface area contributed by atoms with Crippen molar-refractivity contribution >= 4 is 99.8 Å². The van der Waals surface area contributed by atoms with E-state index in [2.05, 4.69) is 252 Å². The third kappa shape index (κ3) is 7.13. The van der Waals surface area contributed by atoms with Gasteiger partial charge in [-0.05, 0) is 219 Å². The fourth-order valence-corrected chi connectivity index (χ4v) is 16.8. The normalized spacial score (nSPS) is 19.6. The summed E-state index contributed by atoms with van der Waals surface area (Å²) >= 11 is 2.08. The molecule has 0 N–H and O–H groups in total. The number of benzene rings is 7. The Morgan fingerprint density at radius 3 is 1.45 bits per heavy atom. The number of rotatable bonds is 4. The van der Waals surface area contributed by atoms with Gasteiger partial charge in [0, 0.05) is 54.1 Å². The summed E-state index contributed by atoms with van der Waals surface area (Å²) in [6.45, 7) is 39.1. The maximum Gasteiger partial charge on any atom is 0.264 e. The molecular weight excluding hydrogens is 962 g/mol. The van der Waals surface area contributed by atoms with E-state index >= 15 is 0 Å². The number of fused-ring (bicyclic) bond motifs is 12. The third-order valence-electron chi connectivity index (χ3n) is 20.8. The van der Waals surface area contributed by atoms with Crippen LogP contribution in [0.3, 0.4) is 0 Å². The maximum atomic E-state index is 2.76. The van der Waals surface area contributed by atoms with E-state index < -0.39 is 0 Å². The average molecular weight is 1040 g/mol. The van der Waals surface area contributed by atoms with Crippen LogP contribution in [0, 0.1) is 13.8 Å².